The fraction of sp³-hybridized carbons (Fsp3) is 0.217. The molecule has 3 aromatic rings. The van der Waals surface area contributed by atoms with E-state index in [2.05, 4.69) is 4.98 Å². The number of hydrogen-bond donors (Lipinski definition) is 2. The second kappa shape index (κ2) is 10.8. The molecule has 2 N–H and O–H groups in total. The van der Waals surface area contributed by atoms with Gasteiger partial charge in [-0.15, -0.1) is 0 Å². The van der Waals surface area contributed by atoms with E-state index in [1.165, 1.54) is 12.2 Å². The van der Waals surface area contributed by atoms with Crippen LogP contribution in [0.5, 0.6) is 17.2 Å². The van der Waals surface area contributed by atoms with Crippen LogP contribution in [0.4, 0.5) is 5.69 Å². The quantitative estimate of drug-likeness (QED) is 0.273. The van der Waals surface area contributed by atoms with E-state index in [-0.39, 0.29) is 5.69 Å². The summed E-state index contributed by atoms with van der Waals surface area (Å²) in [5, 5.41) is 11.2. The van der Waals surface area contributed by atoms with Crippen molar-refractivity contribution in [3.63, 3.8) is 0 Å². The Bertz CT molecular complexity index is 1260. The standard InChI is InChI=1S/C23H23N3O7/c1-3-31-20-14-16(6-10-18-21(26(29)30)22(27)25-23(28)24-18)7-11-19(20)33-13-12-32-17-8-4-15(2)5-9-17/h4-11,14H,3,12-13H2,1-2H3,(H2,24,25,27,28). The van der Waals surface area contributed by atoms with Gasteiger partial charge >= 0.3 is 16.9 Å². The Kier molecular flexibility index (Phi) is 7.64. The Morgan fingerprint density at radius 3 is 2.36 bits per heavy atom. The molecule has 0 aliphatic rings. The molecule has 10 nitrogen and oxygen atoms in total. The van der Waals surface area contributed by atoms with Crippen LogP contribution < -0.4 is 25.5 Å². The minimum atomic E-state index is -1.07. The lowest BCUT2D eigenvalue weighted by Crippen LogP contribution is -2.25. The van der Waals surface area contributed by atoms with Crippen LogP contribution in [0.15, 0.2) is 52.1 Å². The number of nitrogens with zero attached hydrogens (tertiary/aromatic N) is 1. The molecule has 0 unspecified atom stereocenters. The highest BCUT2D eigenvalue weighted by Gasteiger charge is 2.18. The van der Waals surface area contributed by atoms with Gasteiger partial charge in [0.1, 0.15) is 24.7 Å². The van der Waals surface area contributed by atoms with Gasteiger partial charge in [0.05, 0.1) is 11.5 Å². The molecule has 3 rings (SSSR count). The lowest BCUT2D eigenvalue weighted by molar-refractivity contribution is -0.386. The van der Waals surface area contributed by atoms with Crippen molar-refractivity contribution in [1.29, 1.82) is 0 Å². The first kappa shape index (κ1) is 23.3. The van der Waals surface area contributed by atoms with Gasteiger partial charge in [0, 0.05) is 0 Å². The van der Waals surface area contributed by atoms with Crippen LogP contribution in [0, 0.1) is 17.0 Å². The molecule has 0 saturated carbocycles. The van der Waals surface area contributed by atoms with Crippen LogP contribution in [-0.4, -0.2) is 34.7 Å². The molecule has 0 amide bonds. The van der Waals surface area contributed by atoms with Crippen molar-refractivity contribution in [3.05, 3.63) is 90.2 Å². The van der Waals surface area contributed by atoms with Gasteiger partial charge in [0.25, 0.3) is 0 Å². The van der Waals surface area contributed by atoms with Gasteiger partial charge in [-0.3, -0.25) is 19.9 Å². The van der Waals surface area contributed by atoms with Crippen LogP contribution in [0.2, 0.25) is 0 Å². The molecular weight excluding hydrogens is 430 g/mol. The molecule has 0 radical (unpaired) electrons. The third-order valence-electron chi connectivity index (χ3n) is 4.47. The second-order valence-corrected chi connectivity index (χ2v) is 6.91. The van der Waals surface area contributed by atoms with Crippen molar-refractivity contribution in [2.45, 2.75) is 13.8 Å². The number of hydrogen-bond acceptors (Lipinski definition) is 7. The summed E-state index contributed by atoms with van der Waals surface area (Å²) in [6, 6.07) is 12.8. The third-order valence-corrected chi connectivity index (χ3v) is 4.47. The molecule has 0 saturated heterocycles. The van der Waals surface area contributed by atoms with Gasteiger partial charge in [-0.1, -0.05) is 29.8 Å². The van der Waals surface area contributed by atoms with E-state index in [9.17, 15) is 19.7 Å². The largest absolute Gasteiger partial charge is 0.490 e. The Balaban J connectivity index is 1.72. The monoisotopic (exact) mass is 453 g/mol. The maximum atomic E-state index is 11.7. The molecule has 10 heteroatoms. The van der Waals surface area contributed by atoms with Crippen LogP contribution in [0.3, 0.4) is 0 Å². The smallest absolute Gasteiger partial charge is 0.357 e. The van der Waals surface area contributed by atoms with Gasteiger partial charge in [0.15, 0.2) is 11.5 Å². The molecule has 0 fully saturated rings. The van der Waals surface area contributed by atoms with Crippen molar-refractivity contribution in [3.8, 4) is 17.2 Å². The predicted molar refractivity (Wildman–Crippen MR) is 123 cm³/mol. The number of aromatic amines is 2. The maximum absolute atomic E-state index is 11.7. The molecule has 2 aromatic carbocycles. The summed E-state index contributed by atoms with van der Waals surface area (Å²) in [6.45, 7) is 4.87. The van der Waals surface area contributed by atoms with E-state index < -0.39 is 21.9 Å². The van der Waals surface area contributed by atoms with Crippen molar-refractivity contribution >= 4 is 17.8 Å². The van der Waals surface area contributed by atoms with Crippen molar-refractivity contribution in [2.75, 3.05) is 19.8 Å². The number of ether oxygens (including phenoxy) is 3. The first-order valence-corrected chi connectivity index (χ1v) is 10.2. The summed E-state index contributed by atoms with van der Waals surface area (Å²) >= 11 is 0. The zero-order valence-corrected chi connectivity index (χ0v) is 18.1. The summed E-state index contributed by atoms with van der Waals surface area (Å²) in [6.07, 6.45) is 2.81. The van der Waals surface area contributed by atoms with E-state index in [4.69, 9.17) is 14.2 Å². The molecule has 0 spiro atoms. The van der Waals surface area contributed by atoms with E-state index >= 15 is 0 Å². The lowest BCUT2D eigenvalue weighted by Gasteiger charge is -2.13. The SMILES string of the molecule is CCOc1cc(C=Cc2[nH]c(=O)[nH]c(=O)c2[N+](=O)[O-])ccc1OCCOc1ccc(C)cc1. The minimum Gasteiger partial charge on any atom is -0.490 e. The van der Waals surface area contributed by atoms with E-state index in [1.807, 2.05) is 43.1 Å². The molecule has 172 valence electrons. The highest BCUT2D eigenvalue weighted by Crippen LogP contribution is 2.29. The fourth-order valence-electron chi connectivity index (χ4n) is 2.94. The fourth-order valence-corrected chi connectivity index (χ4v) is 2.94. The van der Waals surface area contributed by atoms with Gasteiger partial charge < -0.3 is 19.2 Å². The average molecular weight is 453 g/mol. The molecule has 0 atom stereocenters. The highest BCUT2D eigenvalue weighted by atomic mass is 16.6. The number of H-pyrrole nitrogens is 2. The summed E-state index contributed by atoms with van der Waals surface area (Å²) in [7, 11) is 0. The Morgan fingerprint density at radius 2 is 1.67 bits per heavy atom. The number of benzene rings is 2. The zero-order chi connectivity index (χ0) is 23.8. The van der Waals surface area contributed by atoms with Crippen molar-refractivity contribution in [1.82, 2.24) is 9.97 Å². The first-order chi connectivity index (χ1) is 15.9. The number of rotatable bonds is 10. The molecular formula is C23H23N3O7. The van der Waals surface area contributed by atoms with E-state index in [0.717, 1.165) is 11.3 Å². The minimum absolute atomic E-state index is 0.208. The normalized spacial score (nSPS) is 10.8. The van der Waals surface area contributed by atoms with Crippen LogP contribution in [0.25, 0.3) is 12.2 Å². The number of nitro groups is 1. The van der Waals surface area contributed by atoms with Gasteiger partial charge in [-0.05, 0) is 49.8 Å². The van der Waals surface area contributed by atoms with Crippen LogP contribution in [-0.2, 0) is 0 Å². The zero-order valence-electron chi connectivity index (χ0n) is 18.1. The maximum Gasteiger partial charge on any atom is 0.357 e. The molecule has 1 heterocycles. The van der Waals surface area contributed by atoms with E-state index in [1.54, 1.807) is 18.2 Å². The van der Waals surface area contributed by atoms with Crippen molar-refractivity contribution < 1.29 is 19.1 Å². The van der Waals surface area contributed by atoms with Crippen molar-refractivity contribution in [2.24, 2.45) is 0 Å². The van der Waals surface area contributed by atoms with Gasteiger partial charge in [-0.25, -0.2) is 4.79 Å². The summed E-state index contributed by atoms with van der Waals surface area (Å²) in [5.41, 5.74) is -1.09. The lowest BCUT2D eigenvalue weighted by atomic mass is 10.1. The van der Waals surface area contributed by atoms with Gasteiger partial charge in [0.2, 0.25) is 0 Å². The Hall–Kier alpha value is -4.34. The molecule has 0 aliphatic carbocycles. The summed E-state index contributed by atoms with van der Waals surface area (Å²) in [4.78, 5) is 37.6. The van der Waals surface area contributed by atoms with Crippen LogP contribution in [0.1, 0.15) is 23.7 Å². The number of aromatic nitrogens is 2. The van der Waals surface area contributed by atoms with E-state index in [0.29, 0.717) is 36.9 Å². The molecule has 0 aliphatic heterocycles. The first-order valence-electron chi connectivity index (χ1n) is 10.2. The average Bonchev–Trinajstić information content (AvgIpc) is 2.77. The molecule has 1 aromatic heterocycles. The number of nitrogens with one attached hydrogen (secondary N) is 2. The Labute approximate surface area is 188 Å². The topological polar surface area (TPSA) is 137 Å². The summed E-state index contributed by atoms with van der Waals surface area (Å²) in [5.74, 6) is 1.74. The predicted octanol–water partition coefficient (Wildman–Crippen LogP) is 3.31. The molecule has 33 heavy (non-hydrogen) atoms. The van der Waals surface area contributed by atoms with Gasteiger partial charge in [-0.2, -0.15) is 0 Å². The Morgan fingerprint density at radius 1 is 0.939 bits per heavy atom. The number of aryl methyl sites for hydroxylation is 1. The highest BCUT2D eigenvalue weighted by molar-refractivity contribution is 5.72. The second-order valence-electron chi connectivity index (χ2n) is 6.91. The third kappa shape index (κ3) is 6.33. The summed E-state index contributed by atoms with van der Waals surface area (Å²) < 4.78 is 17.1. The van der Waals surface area contributed by atoms with Crippen LogP contribution >= 0.6 is 0 Å². The molecule has 0 bridgehead atoms.